The predicted octanol–water partition coefficient (Wildman–Crippen LogP) is 3.01. The summed E-state index contributed by atoms with van der Waals surface area (Å²) in [5, 5.41) is 19.1. The number of carbonyl (C=O) groups is 1. The summed E-state index contributed by atoms with van der Waals surface area (Å²) in [5.41, 5.74) is 4.79. The first-order valence-electron chi connectivity index (χ1n) is 9.25. The lowest BCUT2D eigenvalue weighted by Crippen LogP contribution is -2.20. The summed E-state index contributed by atoms with van der Waals surface area (Å²) in [4.78, 5) is 22.7. The number of nitrogens with one attached hydrogen (secondary N) is 1. The van der Waals surface area contributed by atoms with E-state index >= 15 is 0 Å². The molecule has 3 aromatic rings. The van der Waals surface area contributed by atoms with Crippen LogP contribution in [-0.4, -0.2) is 40.5 Å². The number of hydrazone groups is 1. The number of ether oxygens (including phenoxy) is 2. The molecule has 1 amide bonds. The van der Waals surface area contributed by atoms with Crippen LogP contribution >= 0.6 is 0 Å². The molecule has 10 nitrogen and oxygen atoms in total. The van der Waals surface area contributed by atoms with Gasteiger partial charge in [-0.25, -0.2) is 5.43 Å². The third-order valence-electron chi connectivity index (χ3n) is 4.49. The van der Waals surface area contributed by atoms with Gasteiger partial charge in [-0.3, -0.25) is 19.6 Å². The Bertz CT molecular complexity index is 1120. The number of hydrogen-bond acceptors (Lipinski definition) is 7. The van der Waals surface area contributed by atoms with Gasteiger partial charge in [0.05, 0.1) is 31.4 Å². The van der Waals surface area contributed by atoms with Crippen LogP contribution in [0.15, 0.2) is 59.8 Å². The Balaban J connectivity index is 1.66. The molecule has 10 heteroatoms. The normalized spacial score (nSPS) is 11.1. The molecule has 160 valence electrons. The van der Waals surface area contributed by atoms with Crippen molar-refractivity contribution in [1.82, 2.24) is 15.2 Å². The van der Waals surface area contributed by atoms with Gasteiger partial charge in [-0.1, -0.05) is 12.1 Å². The molecule has 1 heterocycles. The highest BCUT2D eigenvalue weighted by Gasteiger charge is 2.12. The van der Waals surface area contributed by atoms with Crippen molar-refractivity contribution in [1.29, 1.82) is 0 Å². The van der Waals surface area contributed by atoms with Crippen LogP contribution in [0, 0.1) is 10.1 Å². The van der Waals surface area contributed by atoms with Crippen molar-refractivity contribution < 1.29 is 19.2 Å². The molecular weight excluding hydrogens is 402 g/mol. The molecule has 0 aliphatic rings. The Morgan fingerprint density at radius 3 is 2.55 bits per heavy atom. The van der Waals surface area contributed by atoms with E-state index in [0.29, 0.717) is 29.3 Å². The summed E-state index contributed by atoms with van der Waals surface area (Å²) in [5.74, 6) is 0.757. The van der Waals surface area contributed by atoms with E-state index in [1.54, 1.807) is 68.4 Å². The maximum absolute atomic E-state index is 12.4. The van der Waals surface area contributed by atoms with Crippen molar-refractivity contribution in [2.24, 2.45) is 5.10 Å². The number of benzene rings is 2. The maximum atomic E-state index is 12.4. The van der Waals surface area contributed by atoms with E-state index < -0.39 is 10.8 Å². The van der Waals surface area contributed by atoms with Gasteiger partial charge in [0.15, 0.2) is 5.69 Å². The zero-order chi connectivity index (χ0) is 22.4. The van der Waals surface area contributed by atoms with E-state index in [1.165, 1.54) is 12.1 Å². The Kier molecular flexibility index (Phi) is 6.61. The van der Waals surface area contributed by atoms with Gasteiger partial charge >= 0.3 is 0 Å². The number of nitrogens with zero attached hydrogens (tertiary/aromatic N) is 4. The van der Waals surface area contributed by atoms with Crippen LogP contribution in [0.2, 0.25) is 0 Å². The minimum Gasteiger partial charge on any atom is -0.497 e. The molecule has 1 N–H and O–H groups in total. The summed E-state index contributed by atoms with van der Waals surface area (Å²) >= 11 is 0. The summed E-state index contributed by atoms with van der Waals surface area (Å²) in [6.07, 6.45) is 1.65. The van der Waals surface area contributed by atoms with Crippen molar-refractivity contribution in [3.63, 3.8) is 0 Å². The zero-order valence-electron chi connectivity index (χ0n) is 17.2. The minimum atomic E-state index is -0.464. The molecule has 0 saturated heterocycles. The van der Waals surface area contributed by atoms with Crippen LogP contribution in [0.1, 0.15) is 28.5 Å². The first-order valence-corrected chi connectivity index (χ1v) is 9.25. The van der Waals surface area contributed by atoms with Gasteiger partial charge in [0.2, 0.25) is 0 Å². The highest BCUT2D eigenvalue weighted by molar-refractivity contribution is 6.02. The molecule has 0 atom stereocenters. The molecule has 1 aromatic heterocycles. The zero-order valence-corrected chi connectivity index (χ0v) is 17.2. The van der Waals surface area contributed by atoms with E-state index in [1.807, 2.05) is 0 Å². The number of aromatic nitrogens is 2. The highest BCUT2D eigenvalue weighted by atomic mass is 16.6. The van der Waals surface area contributed by atoms with Gasteiger partial charge in [0.1, 0.15) is 11.5 Å². The minimum absolute atomic E-state index is 0.0194. The molecule has 0 fully saturated rings. The Morgan fingerprint density at radius 2 is 1.90 bits per heavy atom. The van der Waals surface area contributed by atoms with Crippen molar-refractivity contribution in [2.75, 3.05) is 14.2 Å². The van der Waals surface area contributed by atoms with Crippen molar-refractivity contribution in [3.8, 4) is 11.5 Å². The van der Waals surface area contributed by atoms with E-state index in [9.17, 15) is 14.9 Å². The molecule has 0 spiro atoms. The van der Waals surface area contributed by atoms with Crippen LogP contribution < -0.4 is 14.9 Å². The number of carbonyl (C=O) groups excluding carboxylic acids is 1. The van der Waals surface area contributed by atoms with Crippen molar-refractivity contribution in [2.45, 2.75) is 13.5 Å². The van der Waals surface area contributed by atoms with E-state index in [2.05, 4.69) is 15.6 Å². The lowest BCUT2D eigenvalue weighted by Gasteiger charge is -2.10. The second-order valence-corrected chi connectivity index (χ2v) is 6.53. The molecule has 0 unspecified atom stereocenters. The van der Waals surface area contributed by atoms with E-state index in [4.69, 9.17) is 9.47 Å². The van der Waals surface area contributed by atoms with Crippen LogP contribution in [0.4, 0.5) is 5.69 Å². The quantitative estimate of drug-likeness (QED) is 0.338. The predicted molar refractivity (Wildman–Crippen MR) is 114 cm³/mol. The third kappa shape index (κ3) is 5.24. The summed E-state index contributed by atoms with van der Waals surface area (Å²) in [6, 6.07) is 13.0. The highest BCUT2D eigenvalue weighted by Crippen LogP contribution is 2.25. The second kappa shape index (κ2) is 9.53. The first-order chi connectivity index (χ1) is 14.9. The van der Waals surface area contributed by atoms with E-state index in [-0.39, 0.29) is 11.4 Å². The van der Waals surface area contributed by atoms with Gasteiger partial charge in [-0.05, 0) is 30.7 Å². The molecule has 0 saturated carbocycles. The Hall–Kier alpha value is -4.21. The summed E-state index contributed by atoms with van der Waals surface area (Å²) in [6.45, 7) is 2.12. The molecule has 0 bridgehead atoms. The number of rotatable bonds is 8. The standard InChI is InChI=1S/C21H21N5O5/c1-14(18-9-8-17(30-2)12-20(18)31-3)22-23-21(27)19-10-11-25(24-19)13-15-4-6-16(7-5-15)26(28)29/h4-12H,13H2,1-3H3,(H,23,27)/b22-14+. The number of methoxy groups -OCH3 is 2. The topological polar surface area (TPSA) is 121 Å². The average molecular weight is 423 g/mol. The largest absolute Gasteiger partial charge is 0.497 e. The molecular formula is C21H21N5O5. The van der Waals surface area contributed by atoms with Gasteiger partial charge in [-0.15, -0.1) is 0 Å². The fourth-order valence-corrected chi connectivity index (χ4v) is 2.83. The molecule has 3 rings (SSSR count). The van der Waals surface area contributed by atoms with Crippen LogP contribution in [0.5, 0.6) is 11.5 Å². The van der Waals surface area contributed by atoms with Crippen LogP contribution in [-0.2, 0) is 6.54 Å². The number of nitro groups is 1. The number of non-ortho nitro benzene ring substituents is 1. The number of amides is 1. The molecule has 2 aromatic carbocycles. The molecule has 0 aliphatic carbocycles. The summed E-state index contributed by atoms with van der Waals surface area (Å²) < 4.78 is 12.1. The second-order valence-electron chi connectivity index (χ2n) is 6.53. The van der Waals surface area contributed by atoms with Gasteiger partial charge in [0.25, 0.3) is 11.6 Å². The maximum Gasteiger partial charge on any atom is 0.291 e. The van der Waals surface area contributed by atoms with Gasteiger partial charge < -0.3 is 9.47 Å². The lowest BCUT2D eigenvalue weighted by molar-refractivity contribution is -0.384. The molecule has 0 aliphatic heterocycles. The lowest BCUT2D eigenvalue weighted by atomic mass is 10.1. The average Bonchev–Trinajstić information content (AvgIpc) is 3.25. The van der Waals surface area contributed by atoms with Crippen LogP contribution in [0.3, 0.4) is 0 Å². The summed E-state index contributed by atoms with van der Waals surface area (Å²) in [7, 11) is 3.11. The fourth-order valence-electron chi connectivity index (χ4n) is 2.83. The SMILES string of the molecule is COc1ccc(/C(C)=N/NC(=O)c2ccn(Cc3ccc([N+](=O)[O-])cc3)n2)c(OC)c1. The Morgan fingerprint density at radius 1 is 1.16 bits per heavy atom. The molecule has 0 radical (unpaired) electrons. The van der Waals surface area contributed by atoms with Crippen LogP contribution in [0.25, 0.3) is 0 Å². The van der Waals surface area contributed by atoms with Crippen molar-refractivity contribution in [3.05, 3.63) is 81.7 Å². The Labute approximate surface area is 178 Å². The fraction of sp³-hybridized carbons (Fsp3) is 0.190. The number of hydrogen-bond donors (Lipinski definition) is 1. The first kappa shape index (κ1) is 21.5. The van der Waals surface area contributed by atoms with Crippen molar-refractivity contribution >= 4 is 17.3 Å². The van der Waals surface area contributed by atoms with Gasteiger partial charge in [-0.2, -0.15) is 10.2 Å². The third-order valence-corrected chi connectivity index (χ3v) is 4.49. The molecule has 31 heavy (non-hydrogen) atoms. The van der Waals surface area contributed by atoms with Gasteiger partial charge in [0, 0.05) is 30.0 Å². The number of nitro benzene ring substituents is 1. The smallest absolute Gasteiger partial charge is 0.291 e. The monoisotopic (exact) mass is 423 g/mol. The van der Waals surface area contributed by atoms with E-state index in [0.717, 1.165) is 5.56 Å².